The molecule has 1 aliphatic heterocycles. The van der Waals surface area contributed by atoms with Crippen molar-refractivity contribution in [2.45, 2.75) is 19.9 Å². The lowest BCUT2D eigenvalue weighted by Crippen LogP contribution is -2.38. The number of carbonyl (C=O) groups excluding carboxylic acids is 1. The van der Waals surface area contributed by atoms with Gasteiger partial charge in [-0.05, 0) is 43.2 Å². The third-order valence-electron chi connectivity index (χ3n) is 5.22. The van der Waals surface area contributed by atoms with Crippen LogP contribution in [0.4, 0.5) is 0 Å². The van der Waals surface area contributed by atoms with Gasteiger partial charge in [0.2, 0.25) is 0 Å². The van der Waals surface area contributed by atoms with Crippen molar-refractivity contribution in [3.05, 3.63) is 103 Å². The predicted octanol–water partition coefficient (Wildman–Crippen LogP) is 3.47. The number of hydrogen-bond donors (Lipinski definition) is 0. The van der Waals surface area contributed by atoms with Crippen LogP contribution in [0.3, 0.4) is 0 Å². The van der Waals surface area contributed by atoms with Gasteiger partial charge >= 0.3 is 5.97 Å². The molecule has 0 spiro atoms. The Morgan fingerprint density at radius 2 is 1.91 bits per heavy atom. The lowest BCUT2D eigenvalue weighted by Gasteiger charge is -2.21. The molecule has 2 aromatic carbocycles. The van der Waals surface area contributed by atoms with Crippen molar-refractivity contribution in [3.8, 4) is 5.75 Å². The van der Waals surface area contributed by atoms with Crippen molar-refractivity contribution in [1.82, 2.24) is 4.57 Å². The molecule has 0 amide bonds. The van der Waals surface area contributed by atoms with Crippen LogP contribution in [0.25, 0.3) is 12.2 Å². The summed E-state index contributed by atoms with van der Waals surface area (Å²) in [4.78, 5) is 31.4. The maximum absolute atomic E-state index is 13.5. The quantitative estimate of drug-likeness (QED) is 0.528. The Hall–Kier alpha value is -3.71. The molecule has 0 bridgehead atoms. The first-order valence-corrected chi connectivity index (χ1v) is 11.4. The van der Waals surface area contributed by atoms with E-state index in [1.807, 2.05) is 72.8 Å². The third-order valence-corrected chi connectivity index (χ3v) is 6.20. The zero-order chi connectivity index (χ0) is 23.4. The van der Waals surface area contributed by atoms with Crippen molar-refractivity contribution in [1.29, 1.82) is 0 Å². The van der Waals surface area contributed by atoms with Crippen LogP contribution in [0.1, 0.15) is 31.0 Å². The molecule has 168 valence electrons. The number of methoxy groups -OCH3 is 1. The van der Waals surface area contributed by atoms with Gasteiger partial charge in [-0.1, -0.05) is 66.0 Å². The summed E-state index contributed by atoms with van der Waals surface area (Å²) in [6.45, 7) is 3.77. The highest BCUT2D eigenvalue weighted by Gasteiger charge is 2.30. The largest absolute Gasteiger partial charge is 0.497 e. The van der Waals surface area contributed by atoms with Crippen LogP contribution in [-0.2, 0) is 9.53 Å². The van der Waals surface area contributed by atoms with Crippen LogP contribution in [-0.4, -0.2) is 24.3 Å². The number of rotatable bonds is 6. The van der Waals surface area contributed by atoms with Crippen molar-refractivity contribution in [3.63, 3.8) is 0 Å². The second kappa shape index (κ2) is 9.83. The van der Waals surface area contributed by atoms with Gasteiger partial charge in [0.1, 0.15) is 5.75 Å². The van der Waals surface area contributed by atoms with Crippen LogP contribution >= 0.6 is 11.3 Å². The smallest absolute Gasteiger partial charge is 0.338 e. The minimum Gasteiger partial charge on any atom is -0.497 e. The summed E-state index contributed by atoms with van der Waals surface area (Å²) in [6, 6.07) is 16.6. The van der Waals surface area contributed by atoms with Crippen molar-refractivity contribution < 1.29 is 14.3 Å². The molecule has 4 rings (SSSR count). The van der Waals surface area contributed by atoms with Crippen LogP contribution in [0.15, 0.2) is 81.7 Å². The van der Waals surface area contributed by atoms with Gasteiger partial charge in [0, 0.05) is 0 Å². The summed E-state index contributed by atoms with van der Waals surface area (Å²) in [6.07, 6.45) is 5.57. The van der Waals surface area contributed by atoms with Crippen LogP contribution < -0.4 is 19.6 Å². The number of esters is 1. The number of allylic oxidation sites excluding steroid dienone is 2. The standard InChI is InChI=1S/C26H24N2O4S/c1-4-32-25(30)23-17(2)27-26-28(21(23)14-13-18-9-6-5-7-10-18)24(29)22(33-26)16-19-11-8-12-20(15-19)31-3/h5-16,21H,4H2,1-3H3. The summed E-state index contributed by atoms with van der Waals surface area (Å²) in [7, 11) is 1.60. The monoisotopic (exact) mass is 460 g/mol. The first-order chi connectivity index (χ1) is 16.0. The van der Waals surface area contributed by atoms with Gasteiger partial charge in [-0.15, -0.1) is 0 Å². The minimum atomic E-state index is -0.618. The van der Waals surface area contributed by atoms with Crippen molar-refractivity contribution >= 4 is 29.5 Å². The fraction of sp³-hybridized carbons (Fsp3) is 0.192. The van der Waals surface area contributed by atoms with Crippen LogP contribution in [0.5, 0.6) is 5.75 Å². The Morgan fingerprint density at radius 1 is 1.15 bits per heavy atom. The second-order valence-corrected chi connectivity index (χ2v) is 8.40. The number of benzene rings is 2. The normalized spacial score (nSPS) is 16.0. The Balaban J connectivity index is 1.87. The van der Waals surface area contributed by atoms with Gasteiger partial charge in [0.05, 0.1) is 35.6 Å². The van der Waals surface area contributed by atoms with Gasteiger partial charge in [0.15, 0.2) is 4.80 Å². The Kier molecular flexibility index (Phi) is 6.70. The average molecular weight is 461 g/mol. The molecule has 2 heterocycles. The molecule has 3 aromatic rings. The van der Waals surface area contributed by atoms with E-state index < -0.39 is 12.0 Å². The molecule has 1 unspecified atom stereocenters. The molecule has 0 saturated carbocycles. The van der Waals surface area contributed by atoms with E-state index in [0.717, 1.165) is 11.1 Å². The Bertz CT molecular complexity index is 1410. The topological polar surface area (TPSA) is 69.9 Å². The van der Waals surface area contributed by atoms with E-state index in [4.69, 9.17) is 9.47 Å². The molecule has 0 radical (unpaired) electrons. The highest BCUT2D eigenvalue weighted by molar-refractivity contribution is 7.07. The van der Waals surface area contributed by atoms with Crippen LogP contribution in [0, 0.1) is 0 Å². The average Bonchev–Trinajstić information content (AvgIpc) is 3.12. The molecular weight excluding hydrogens is 436 g/mol. The molecule has 7 heteroatoms. The van der Waals surface area contributed by atoms with Crippen LogP contribution in [0.2, 0.25) is 0 Å². The molecule has 0 aliphatic carbocycles. The number of carbonyl (C=O) groups is 1. The fourth-order valence-corrected chi connectivity index (χ4v) is 4.72. The lowest BCUT2D eigenvalue weighted by atomic mass is 10.0. The maximum atomic E-state index is 13.5. The van der Waals surface area contributed by atoms with Crippen molar-refractivity contribution in [2.24, 2.45) is 4.99 Å². The van der Waals surface area contributed by atoms with E-state index in [1.165, 1.54) is 11.3 Å². The van der Waals surface area contributed by atoms with Crippen molar-refractivity contribution in [2.75, 3.05) is 13.7 Å². The zero-order valence-corrected chi connectivity index (χ0v) is 19.5. The summed E-state index contributed by atoms with van der Waals surface area (Å²) < 4.78 is 12.7. The predicted molar refractivity (Wildman–Crippen MR) is 130 cm³/mol. The third kappa shape index (κ3) is 4.73. The molecule has 33 heavy (non-hydrogen) atoms. The Labute approximate surface area is 195 Å². The van der Waals surface area contributed by atoms with Gasteiger partial charge < -0.3 is 9.47 Å². The SMILES string of the molecule is CCOC(=O)C1=C(C)N=c2sc(=Cc3cccc(OC)c3)c(=O)n2C1C=Cc1ccccc1. The highest BCUT2D eigenvalue weighted by atomic mass is 32.1. The zero-order valence-electron chi connectivity index (χ0n) is 18.6. The number of hydrogen-bond acceptors (Lipinski definition) is 6. The van der Waals surface area contributed by atoms with E-state index in [-0.39, 0.29) is 12.2 Å². The van der Waals surface area contributed by atoms with Gasteiger partial charge in [-0.3, -0.25) is 9.36 Å². The number of nitrogens with zero attached hydrogens (tertiary/aromatic N) is 2. The molecule has 1 atom stereocenters. The summed E-state index contributed by atoms with van der Waals surface area (Å²) in [5, 5.41) is 0. The lowest BCUT2D eigenvalue weighted by molar-refractivity contribution is -0.139. The maximum Gasteiger partial charge on any atom is 0.338 e. The summed E-state index contributed by atoms with van der Waals surface area (Å²) in [5.74, 6) is 0.240. The molecule has 6 nitrogen and oxygen atoms in total. The summed E-state index contributed by atoms with van der Waals surface area (Å²) in [5.41, 5.74) is 2.51. The van der Waals surface area contributed by atoms with Gasteiger partial charge in [-0.25, -0.2) is 9.79 Å². The second-order valence-electron chi connectivity index (χ2n) is 7.39. The summed E-state index contributed by atoms with van der Waals surface area (Å²) >= 11 is 1.29. The highest BCUT2D eigenvalue weighted by Crippen LogP contribution is 2.26. The molecule has 0 N–H and O–H groups in total. The fourth-order valence-electron chi connectivity index (χ4n) is 3.67. The molecule has 1 aromatic heterocycles. The first-order valence-electron chi connectivity index (χ1n) is 10.6. The van der Waals surface area contributed by atoms with E-state index in [0.29, 0.717) is 26.4 Å². The first kappa shape index (κ1) is 22.5. The minimum absolute atomic E-state index is 0.210. The molecule has 0 saturated heterocycles. The molecular formula is C26H24N2O4S. The number of thiazole rings is 1. The number of aromatic nitrogens is 1. The van der Waals surface area contributed by atoms with E-state index in [2.05, 4.69) is 4.99 Å². The van der Waals surface area contributed by atoms with Gasteiger partial charge in [-0.2, -0.15) is 0 Å². The molecule has 0 fully saturated rings. The number of ether oxygens (including phenoxy) is 2. The molecule has 1 aliphatic rings. The Morgan fingerprint density at radius 3 is 2.64 bits per heavy atom. The number of fused-ring (bicyclic) bond motifs is 1. The van der Waals surface area contributed by atoms with E-state index in [1.54, 1.807) is 25.5 Å². The van der Waals surface area contributed by atoms with E-state index in [9.17, 15) is 9.59 Å². The van der Waals surface area contributed by atoms with E-state index >= 15 is 0 Å². The van der Waals surface area contributed by atoms with Gasteiger partial charge in [0.25, 0.3) is 5.56 Å².